The van der Waals surface area contributed by atoms with Crippen LogP contribution >= 0.6 is 0 Å². The molecule has 0 spiro atoms. The molecule has 106 valence electrons. The van der Waals surface area contributed by atoms with Crippen LogP contribution in [-0.2, 0) is 11.8 Å². The topological polar surface area (TPSA) is 66.5 Å². The van der Waals surface area contributed by atoms with E-state index in [1.807, 2.05) is 45.0 Å². The van der Waals surface area contributed by atoms with Crippen molar-refractivity contribution >= 4 is 5.69 Å². The summed E-state index contributed by atoms with van der Waals surface area (Å²) in [5, 5.41) is 20.3. The number of aromatic hydroxyl groups is 2. The molecular weight excluding hydrogens is 250 g/mol. The first-order chi connectivity index (χ1) is 9.27. The van der Waals surface area contributed by atoms with Gasteiger partial charge in [-0.25, -0.2) is 0 Å². The summed E-state index contributed by atoms with van der Waals surface area (Å²) in [4.78, 5) is 0. The lowest BCUT2D eigenvalue weighted by molar-refractivity contribution is 0.432. The Kier molecular flexibility index (Phi) is 3.62. The van der Waals surface area contributed by atoms with Gasteiger partial charge >= 0.3 is 0 Å². The molecule has 0 unspecified atom stereocenters. The number of rotatable bonds is 2. The van der Waals surface area contributed by atoms with Gasteiger partial charge < -0.3 is 15.9 Å². The molecule has 0 heterocycles. The Balaban J connectivity index is 2.37. The zero-order valence-electron chi connectivity index (χ0n) is 12.1. The first kappa shape index (κ1) is 14.3. The summed E-state index contributed by atoms with van der Waals surface area (Å²) in [5.74, 6) is 0.421. The van der Waals surface area contributed by atoms with E-state index in [1.165, 1.54) is 0 Å². The predicted octanol–water partition coefficient (Wildman–Crippen LogP) is 3.57. The second-order valence-corrected chi connectivity index (χ2v) is 6.17. The highest BCUT2D eigenvalue weighted by Gasteiger charge is 2.20. The molecular formula is C17H21NO2. The van der Waals surface area contributed by atoms with Crippen LogP contribution in [0.15, 0.2) is 36.4 Å². The molecule has 0 fully saturated rings. The predicted molar refractivity (Wildman–Crippen MR) is 82.1 cm³/mol. The maximum Gasteiger partial charge on any atom is 0.119 e. The van der Waals surface area contributed by atoms with Gasteiger partial charge in [0.15, 0.2) is 0 Å². The highest BCUT2D eigenvalue weighted by atomic mass is 16.3. The normalized spacial score (nSPS) is 11.6. The molecule has 0 bridgehead atoms. The second-order valence-electron chi connectivity index (χ2n) is 6.17. The van der Waals surface area contributed by atoms with Crippen molar-refractivity contribution in [1.82, 2.24) is 0 Å². The molecule has 0 aliphatic heterocycles. The van der Waals surface area contributed by atoms with Gasteiger partial charge in [-0.2, -0.15) is 0 Å². The van der Waals surface area contributed by atoms with E-state index < -0.39 is 0 Å². The van der Waals surface area contributed by atoms with Gasteiger partial charge in [0.2, 0.25) is 0 Å². The Morgan fingerprint density at radius 3 is 2.30 bits per heavy atom. The number of nitrogen functional groups attached to an aromatic ring is 1. The summed E-state index contributed by atoms with van der Waals surface area (Å²) in [6, 6.07) is 10.8. The molecule has 4 N–H and O–H groups in total. The molecule has 0 aromatic heterocycles. The molecule has 0 amide bonds. The lowest BCUT2D eigenvalue weighted by atomic mass is 9.85. The average molecular weight is 271 g/mol. The monoisotopic (exact) mass is 271 g/mol. The molecule has 0 atom stereocenters. The second kappa shape index (κ2) is 5.08. The standard InChI is InChI=1S/C17H21NO2/c1-17(2,3)14-10-15(19)12(9-16(14)20)7-11-5-4-6-13(18)8-11/h4-6,8-10,19-20H,7,18H2,1-3H3. The molecule has 0 radical (unpaired) electrons. The van der Waals surface area contributed by atoms with E-state index in [-0.39, 0.29) is 16.9 Å². The van der Waals surface area contributed by atoms with Crippen LogP contribution in [0.2, 0.25) is 0 Å². The first-order valence-electron chi connectivity index (χ1n) is 6.67. The zero-order valence-corrected chi connectivity index (χ0v) is 12.1. The van der Waals surface area contributed by atoms with Gasteiger partial charge in [-0.05, 0) is 35.2 Å². The smallest absolute Gasteiger partial charge is 0.119 e. The number of benzene rings is 2. The van der Waals surface area contributed by atoms with E-state index in [0.717, 1.165) is 11.1 Å². The third-order valence-electron chi connectivity index (χ3n) is 3.35. The van der Waals surface area contributed by atoms with Crippen molar-refractivity contribution in [3.63, 3.8) is 0 Å². The largest absolute Gasteiger partial charge is 0.508 e. The average Bonchev–Trinajstić information content (AvgIpc) is 2.32. The van der Waals surface area contributed by atoms with E-state index in [4.69, 9.17) is 5.73 Å². The molecule has 0 saturated carbocycles. The van der Waals surface area contributed by atoms with Crippen molar-refractivity contribution in [3.05, 3.63) is 53.1 Å². The van der Waals surface area contributed by atoms with Gasteiger partial charge in [-0.3, -0.25) is 0 Å². The fourth-order valence-corrected chi connectivity index (χ4v) is 2.29. The third-order valence-corrected chi connectivity index (χ3v) is 3.35. The van der Waals surface area contributed by atoms with Gasteiger partial charge in [0, 0.05) is 23.2 Å². The number of hydrogen-bond acceptors (Lipinski definition) is 3. The number of phenols is 2. The van der Waals surface area contributed by atoms with Gasteiger partial charge in [0.1, 0.15) is 11.5 Å². The number of phenolic OH excluding ortho intramolecular Hbond substituents is 2. The molecule has 2 rings (SSSR count). The summed E-state index contributed by atoms with van der Waals surface area (Å²) >= 11 is 0. The van der Waals surface area contributed by atoms with Crippen molar-refractivity contribution < 1.29 is 10.2 Å². The van der Waals surface area contributed by atoms with Crippen LogP contribution in [0.1, 0.15) is 37.5 Å². The van der Waals surface area contributed by atoms with E-state index in [0.29, 0.717) is 17.7 Å². The molecule has 0 aliphatic carbocycles. The quantitative estimate of drug-likeness (QED) is 0.578. The van der Waals surface area contributed by atoms with Crippen LogP contribution in [0.5, 0.6) is 11.5 Å². The Morgan fingerprint density at radius 1 is 1.00 bits per heavy atom. The van der Waals surface area contributed by atoms with Crippen molar-refractivity contribution in [2.45, 2.75) is 32.6 Å². The van der Waals surface area contributed by atoms with Crippen molar-refractivity contribution in [2.75, 3.05) is 5.73 Å². The number of hydrogen-bond donors (Lipinski definition) is 3. The maximum atomic E-state index is 10.2. The molecule has 0 saturated heterocycles. The van der Waals surface area contributed by atoms with E-state index >= 15 is 0 Å². The van der Waals surface area contributed by atoms with Crippen LogP contribution in [0.25, 0.3) is 0 Å². The van der Waals surface area contributed by atoms with Crippen LogP contribution < -0.4 is 5.73 Å². The SMILES string of the molecule is CC(C)(C)c1cc(O)c(Cc2cccc(N)c2)cc1O. The van der Waals surface area contributed by atoms with Gasteiger partial charge in [0.05, 0.1) is 0 Å². The van der Waals surface area contributed by atoms with Gasteiger partial charge in [-0.1, -0.05) is 32.9 Å². The molecule has 0 aliphatic rings. The number of nitrogens with two attached hydrogens (primary N) is 1. The Morgan fingerprint density at radius 2 is 1.70 bits per heavy atom. The zero-order chi connectivity index (χ0) is 14.9. The van der Waals surface area contributed by atoms with E-state index in [2.05, 4.69) is 0 Å². The Labute approximate surface area is 119 Å². The summed E-state index contributed by atoms with van der Waals surface area (Å²) < 4.78 is 0. The van der Waals surface area contributed by atoms with Crippen LogP contribution in [0, 0.1) is 0 Å². The highest BCUT2D eigenvalue weighted by molar-refractivity contribution is 5.50. The van der Waals surface area contributed by atoms with Crippen molar-refractivity contribution in [2.24, 2.45) is 0 Å². The fourth-order valence-electron chi connectivity index (χ4n) is 2.29. The Bertz CT molecular complexity index is 627. The Hall–Kier alpha value is -2.16. The van der Waals surface area contributed by atoms with E-state index in [9.17, 15) is 10.2 Å². The van der Waals surface area contributed by atoms with Gasteiger partial charge in [0.25, 0.3) is 0 Å². The number of anilines is 1. The molecule has 3 nitrogen and oxygen atoms in total. The molecule has 2 aromatic rings. The third kappa shape index (κ3) is 3.05. The minimum absolute atomic E-state index is 0.204. The van der Waals surface area contributed by atoms with Crippen molar-refractivity contribution in [1.29, 1.82) is 0 Å². The van der Waals surface area contributed by atoms with Crippen LogP contribution in [-0.4, -0.2) is 10.2 Å². The summed E-state index contributed by atoms with van der Waals surface area (Å²) in [6.07, 6.45) is 0.537. The van der Waals surface area contributed by atoms with Crippen LogP contribution in [0.3, 0.4) is 0 Å². The van der Waals surface area contributed by atoms with Gasteiger partial charge in [-0.15, -0.1) is 0 Å². The summed E-state index contributed by atoms with van der Waals surface area (Å²) in [6.45, 7) is 6.00. The van der Waals surface area contributed by atoms with E-state index in [1.54, 1.807) is 12.1 Å². The molecule has 2 aromatic carbocycles. The maximum absolute atomic E-state index is 10.2. The van der Waals surface area contributed by atoms with Crippen molar-refractivity contribution in [3.8, 4) is 11.5 Å². The fraction of sp³-hybridized carbons (Fsp3) is 0.294. The minimum Gasteiger partial charge on any atom is -0.508 e. The highest BCUT2D eigenvalue weighted by Crippen LogP contribution is 2.36. The van der Waals surface area contributed by atoms with Crippen LogP contribution in [0.4, 0.5) is 5.69 Å². The molecule has 20 heavy (non-hydrogen) atoms. The lowest BCUT2D eigenvalue weighted by Gasteiger charge is -2.21. The summed E-state index contributed by atoms with van der Waals surface area (Å²) in [7, 11) is 0. The lowest BCUT2D eigenvalue weighted by Crippen LogP contribution is -2.11. The summed E-state index contributed by atoms with van der Waals surface area (Å²) in [5.41, 5.74) is 8.67. The first-order valence-corrected chi connectivity index (χ1v) is 6.67. The minimum atomic E-state index is -0.211. The molecule has 3 heteroatoms.